The van der Waals surface area contributed by atoms with Crippen LogP contribution in [0.3, 0.4) is 0 Å². The van der Waals surface area contributed by atoms with Crippen LogP contribution in [0.1, 0.15) is 66.2 Å². The third kappa shape index (κ3) is 3.66. The standard InChI is InChI=1S/C14H24O2/c1-5-6-13(15)16-14(4)9-7-12(8-10-14)11(2)3/h5-10H2,1-4H3. The maximum absolute atomic E-state index is 11.5. The summed E-state index contributed by atoms with van der Waals surface area (Å²) < 4.78 is 5.59. The molecule has 2 nitrogen and oxygen atoms in total. The molecule has 0 atom stereocenters. The lowest BCUT2D eigenvalue weighted by molar-refractivity contribution is -0.160. The van der Waals surface area contributed by atoms with E-state index in [9.17, 15) is 4.79 Å². The van der Waals surface area contributed by atoms with Crippen molar-refractivity contribution in [2.24, 2.45) is 0 Å². The van der Waals surface area contributed by atoms with E-state index in [1.807, 2.05) is 6.92 Å². The minimum absolute atomic E-state index is 0.0364. The molecule has 1 aliphatic rings. The smallest absolute Gasteiger partial charge is 0.306 e. The average Bonchev–Trinajstić information content (AvgIpc) is 2.17. The highest BCUT2D eigenvalue weighted by molar-refractivity contribution is 5.69. The van der Waals surface area contributed by atoms with Gasteiger partial charge >= 0.3 is 5.97 Å². The summed E-state index contributed by atoms with van der Waals surface area (Å²) in [6, 6.07) is 0. The summed E-state index contributed by atoms with van der Waals surface area (Å²) in [6.07, 6.45) is 5.53. The van der Waals surface area contributed by atoms with Crippen molar-refractivity contribution < 1.29 is 9.53 Å². The minimum Gasteiger partial charge on any atom is -0.459 e. The molecule has 16 heavy (non-hydrogen) atoms. The lowest BCUT2D eigenvalue weighted by Crippen LogP contribution is -2.34. The van der Waals surface area contributed by atoms with Gasteiger partial charge in [-0.2, -0.15) is 0 Å². The van der Waals surface area contributed by atoms with Crippen LogP contribution >= 0.6 is 0 Å². The number of allylic oxidation sites excluding steroid dienone is 2. The van der Waals surface area contributed by atoms with Crippen LogP contribution in [-0.2, 0) is 9.53 Å². The Kier molecular flexibility index (Phi) is 4.57. The van der Waals surface area contributed by atoms with Crippen molar-refractivity contribution in [3.8, 4) is 0 Å². The zero-order chi connectivity index (χ0) is 12.2. The van der Waals surface area contributed by atoms with Crippen LogP contribution < -0.4 is 0 Å². The molecule has 0 N–H and O–H groups in total. The highest BCUT2D eigenvalue weighted by Crippen LogP contribution is 2.35. The van der Waals surface area contributed by atoms with E-state index < -0.39 is 0 Å². The van der Waals surface area contributed by atoms with Crippen molar-refractivity contribution in [3.63, 3.8) is 0 Å². The van der Waals surface area contributed by atoms with Crippen molar-refractivity contribution in [2.45, 2.75) is 71.8 Å². The first-order valence-corrected chi connectivity index (χ1v) is 6.34. The fourth-order valence-electron chi connectivity index (χ4n) is 2.21. The summed E-state index contributed by atoms with van der Waals surface area (Å²) in [4.78, 5) is 11.5. The second kappa shape index (κ2) is 5.51. The SMILES string of the molecule is CCCC(=O)OC1(C)CCC(=C(C)C)CC1. The summed E-state index contributed by atoms with van der Waals surface area (Å²) in [6.45, 7) is 8.41. The molecule has 1 rings (SSSR count). The van der Waals surface area contributed by atoms with Crippen molar-refractivity contribution >= 4 is 5.97 Å². The van der Waals surface area contributed by atoms with E-state index in [-0.39, 0.29) is 11.6 Å². The first kappa shape index (κ1) is 13.3. The predicted molar refractivity (Wildman–Crippen MR) is 66.2 cm³/mol. The van der Waals surface area contributed by atoms with E-state index in [2.05, 4.69) is 20.8 Å². The Morgan fingerprint density at radius 3 is 2.31 bits per heavy atom. The number of carbonyl (C=O) groups excluding carboxylic acids is 1. The zero-order valence-electron chi connectivity index (χ0n) is 11.1. The summed E-state index contributed by atoms with van der Waals surface area (Å²) in [5, 5.41) is 0. The number of esters is 1. The molecule has 0 heterocycles. The topological polar surface area (TPSA) is 26.3 Å². The van der Waals surface area contributed by atoms with Crippen molar-refractivity contribution in [1.82, 2.24) is 0 Å². The highest BCUT2D eigenvalue weighted by Gasteiger charge is 2.32. The predicted octanol–water partition coefficient (Wildman–Crippen LogP) is 4.00. The molecule has 0 bridgehead atoms. The molecular formula is C14H24O2. The molecule has 0 amide bonds. The molecule has 0 aromatic carbocycles. The zero-order valence-corrected chi connectivity index (χ0v) is 11.1. The van der Waals surface area contributed by atoms with Crippen LogP contribution in [0.5, 0.6) is 0 Å². The maximum Gasteiger partial charge on any atom is 0.306 e. The Balaban J connectivity index is 2.50. The molecule has 1 saturated carbocycles. The van der Waals surface area contributed by atoms with Crippen LogP contribution in [0, 0.1) is 0 Å². The monoisotopic (exact) mass is 224 g/mol. The van der Waals surface area contributed by atoms with E-state index in [1.165, 1.54) is 5.57 Å². The molecule has 1 aliphatic carbocycles. The van der Waals surface area contributed by atoms with Gasteiger partial charge in [-0.1, -0.05) is 18.1 Å². The van der Waals surface area contributed by atoms with Gasteiger partial charge in [0.1, 0.15) is 5.60 Å². The first-order valence-electron chi connectivity index (χ1n) is 6.34. The highest BCUT2D eigenvalue weighted by atomic mass is 16.6. The second-order valence-corrected chi connectivity index (χ2v) is 5.28. The molecule has 0 saturated heterocycles. The van der Waals surface area contributed by atoms with Gasteiger partial charge in [0.05, 0.1) is 0 Å². The Hall–Kier alpha value is -0.790. The molecule has 1 fully saturated rings. The van der Waals surface area contributed by atoms with E-state index in [1.54, 1.807) is 5.57 Å². The van der Waals surface area contributed by atoms with Crippen molar-refractivity contribution in [2.75, 3.05) is 0 Å². The van der Waals surface area contributed by atoms with Gasteiger partial charge in [-0.15, -0.1) is 0 Å². The van der Waals surface area contributed by atoms with Gasteiger partial charge in [-0.25, -0.2) is 0 Å². The van der Waals surface area contributed by atoms with Crippen molar-refractivity contribution in [3.05, 3.63) is 11.1 Å². The Morgan fingerprint density at radius 2 is 1.88 bits per heavy atom. The molecule has 0 aromatic rings. The number of rotatable bonds is 3. The van der Waals surface area contributed by atoms with E-state index in [0.29, 0.717) is 6.42 Å². The fourth-order valence-corrected chi connectivity index (χ4v) is 2.21. The molecule has 0 radical (unpaired) electrons. The van der Waals surface area contributed by atoms with Crippen LogP contribution in [-0.4, -0.2) is 11.6 Å². The maximum atomic E-state index is 11.5. The summed E-state index contributed by atoms with van der Waals surface area (Å²) >= 11 is 0. The lowest BCUT2D eigenvalue weighted by atomic mass is 9.82. The molecule has 0 aromatic heterocycles. The molecule has 0 unspecified atom stereocenters. The van der Waals surface area contributed by atoms with Gasteiger partial charge in [0.25, 0.3) is 0 Å². The van der Waals surface area contributed by atoms with Gasteiger partial charge < -0.3 is 4.74 Å². The van der Waals surface area contributed by atoms with Crippen LogP contribution in [0.4, 0.5) is 0 Å². The van der Waals surface area contributed by atoms with Gasteiger partial charge in [0.15, 0.2) is 0 Å². The van der Waals surface area contributed by atoms with E-state index >= 15 is 0 Å². The quantitative estimate of drug-likeness (QED) is 0.535. The lowest BCUT2D eigenvalue weighted by Gasteiger charge is -2.35. The van der Waals surface area contributed by atoms with Gasteiger partial charge in [0.2, 0.25) is 0 Å². The van der Waals surface area contributed by atoms with E-state index in [4.69, 9.17) is 4.74 Å². The van der Waals surface area contributed by atoms with Crippen LogP contribution in [0.2, 0.25) is 0 Å². The third-order valence-corrected chi connectivity index (χ3v) is 3.43. The third-order valence-electron chi connectivity index (χ3n) is 3.43. The molecular weight excluding hydrogens is 200 g/mol. The van der Waals surface area contributed by atoms with Crippen molar-refractivity contribution in [1.29, 1.82) is 0 Å². The summed E-state index contributed by atoms with van der Waals surface area (Å²) in [5.41, 5.74) is 2.76. The molecule has 0 spiro atoms. The molecule has 2 heteroatoms. The normalized spacial score (nSPS) is 25.4. The average molecular weight is 224 g/mol. The van der Waals surface area contributed by atoms with Crippen LogP contribution in [0.25, 0.3) is 0 Å². The van der Waals surface area contributed by atoms with Gasteiger partial charge in [0, 0.05) is 6.42 Å². The second-order valence-electron chi connectivity index (χ2n) is 5.28. The number of hydrogen-bond donors (Lipinski definition) is 0. The Bertz CT molecular complexity index is 275. The number of hydrogen-bond acceptors (Lipinski definition) is 2. The van der Waals surface area contributed by atoms with Gasteiger partial charge in [-0.05, 0) is 52.9 Å². The largest absolute Gasteiger partial charge is 0.459 e. The minimum atomic E-state index is -0.217. The first-order chi connectivity index (χ1) is 7.47. The van der Waals surface area contributed by atoms with E-state index in [0.717, 1.165) is 32.1 Å². The summed E-state index contributed by atoms with van der Waals surface area (Å²) in [7, 11) is 0. The Morgan fingerprint density at radius 1 is 1.31 bits per heavy atom. The Labute approximate surface area is 99.1 Å². The molecule has 0 aliphatic heterocycles. The number of ether oxygens (including phenoxy) is 1. The number of carbonyl (C=O) groups is 1. The fraction of sp³-hybridized carbons (Fsp3) is 0.786. The molecule has 92 valence electrons. The summed E-state index contributed by atoms with van der Waals surface area (Å²) in [5.74, 6) is -0.0364. The van der Waals surface area contributed by atoms with Gasteiger partial charge in [-0.3, -0.25) is 4.79 Å². The van der Waals surface area contributed by atoms with Crippen LogP contribution in [0.15, 0.2) is 11.1 Å².